The highest BCUT2D eigenvalue weighted by molar-refractivity contribution is 5.43. The van der Waals surface area contributed by atoms with Crippen LogP contribution in [0.3, 0.4) is 0 Å². The molecule has 0 aliphatic rings. The summed E-state index contributed by atoms with van der Waals surface area (Å²) in [6.45, 7) is 4.12. The third-order valence-corrected chi connectivity index (χ3v) is 2.08. The van der Waals surface area contributed by atoms with Gasteiger partial charge in [0.15, 0.2) is 0 Å². The van der Waals surface area contributed by atoms with E-state index in [9.17, 15) is 5.26 Å². The van der Waals surface area contributed by atoms with E-state index in [1.807, 2.05) is 37.3 Å². The molecule has 0 saturated heterocycles. The smallest absolute Gasteiger partial charge is 0.0596 e. The second kappa shape index (κ2) is 5.42. The fraction of sp³-hybridized carbons (Fsp3) is 0.273. The maximum atomic E-state index is 9.80. The van der Waals surface area contributed by atoms with Gasteiger partial charge in [0.05, 0.1) is 5.69 Å². The highest BCUT2D eigenvalue weighted by Crippen LogP contribution is 2.18. The van der Waals surface area contributed by atoms with Gasteiger partial charge in [-0.25, -0.2) is 0 Å². The summed E-state index contributed by atoms with van der Waals surface area (Å²) >= 11 is 0. The number of anilines is 1. The Morgan fingerprint density at radius 1 is 1.36 bits per heavy atom. The van der Waals surface area contributed by atoms with Crippen LogP contribution in [-0.4, -0.2) is 0 Å². The fourth-order valence-corrected chi connectivity index (χ4v) is 1.30. The molecular formula is C11H14NO2-. The number of benzene rings is 1. The van der Waals surface area contributed by atoms with Crippen LogP contribution in [0.1, 0.15) is 25.3 Å². The molecule has 0 heterocycles. The summed E-state index contributed by atoms with van der Waals surface area (Å²) in [6.07, 6.45) is 4.14. The molecular weight excluding hydrogens is 178 g/mol. The van der Waals surface area contributed by atoms with E-state index in [1.165, 1.54) is 5.56 Å². The normalized spacial score (nSPS) is 13.1. The summed E-state index contributed by atoms with van der Waals surface area (Å²) in [5, 5.41) is 9.80. The zero-order chi connectivity index (χ0) is 10.4. The van der Waals surface area contributed by atoms with Crippen LogP contribution in [-0.2, 0) is 4.99 Å². The van der Waals surface area contributed by atoms with Crippen LogP contribution in [0.2, 0.25) is 0 Å². The summed E-state index contributed by atoms with van der Waals surface area (Å²) in [7, 11) is 0. The number of rotatable bonds is 4. The topological polar surface area (TPSA) is 44.3 Å². The standard InChI is InChI=1S/C11H15NO2/c1-3-4-9(2)10-5-7-11(8-6-10)12-14-13/h3-9,12-13H,1-2H3/p-1/b4-3+. The van der Waals surface area contributed by atoms with E-state index < -0.39 is 0 Å². The minimum atomic E-state index is 0.391. The molecule has 0 radical (unpaired) electrons. The lowest BCUT2D eigenvalue weighted by Gasteiger charge is -2.11. The largest absolute Gasteiger partial charge is 0.698 e. The highest BCUT2D eigenvalue weighted by Gasteiger charge is 1.99. The van der Waals surface area contributed by atoms with Crippen molar-refractivity contribution in [2.75, 3.05) is 5.48 Å². The number of allylic oxidation sites excluding steroid dienone is 2. The van der Waals surface area contributed by atoms with E-state index in [2.05, 4.69) is 23.5 Å². The average Bonchev–Trinajstić information content (AvgIpc) is 2.20. The Morgan fingerprint density at radius 3 is 2.50 bits per heavy atom. The molecule has 0 aliphatic carbocycles. The van der Waals surface area contributed by atoms with Gasteiger partial charge in [0, 0.05) is 0 Å². The van der Waals surface area contributed by atoms with Crippen molar-refractivity contribution in [3.05, 3.63) is 42.0 Å². The number of nitrogens with one attached hydrogen (secondary N) is 1. The van der Waals surface area contributed by atoms with Crippen molar-refractivity contribution >= 4 is 5.69 Å². The van der Waals surface area contributed by atoms with Crippen molar-refractivity contribution in [3.8, 4) is 0 Å². The monoisotopic (exact) mass is 192 g/mol. The first-order valence-electron chi connectivity index (χ1n) is 4.55. The van der Waals surface area contributed by atoms with Crippen LogP contribution in [0.15, 0.2) is 36.4 Å². The van der Waals surface area contributed by atoms with Crippen LogP contribution in [0, 0.1) is 0 Å². The summed E-state index contributed by atoms with van der Waals surface area (Å²) in [6, 6.07) is 7.55. The molecule has 1 atom stereocenters. The quantitative estimate of drug-likeness (QED) is 0.450. The van der Waals surface area contributed by atoms with Gasteiger partial charge in [-0.05, 0) is 30.5 Å². The van der Waals surface area contributed by atoms with Crippen molar-refractivity contribution in [2.24, 2.45) is 0 Å². The maximum Gasteiger partial charge on any atom is 0.0596 e. The molecule has 76 valence electrons. The molecule has 1 rings (SSSR count). The molecule has 1 N–H and O–H groups in total. The van der Waals surface area contributed by atoms with E-state index >= 15 is 0 Å². The molecule has 0 aromatic heterocycles. The molecule has 1 aromatic rings. The molecule has 14 heavy (non-hydrogen) atoms. The fourth-order valence-electron chi connectivity index (χ4n) is 1.30. The SMILES string of the molecule is C/C=C/C(C)c1ccc(NO[O-])cc1. The second-order valence-corrected chi connectivity index (χ2v) is 3.12. The maximum absolute atomic E-state index is 9.80. The average molecular weight is 192 g/mol. The number of hydrogen-bond donors (Lipinski definition) is 1. The van der Waals surface area contributed by atoms with Gasteiger partial charge in [0.25, 0.3) is 0 Å². The first kappa shape index (κ1) is 10.8. The lowest BCUT2D eigenvalue weighted by Crippen LogP contribution is -2.11. The zero-order valence-electron chi connectivity index (χ0n) is 8.36. The summed E-state index contributed by atoms with van der Waals surface area (Å²) < 4.78 is 0. The Labute approximate surface area is 83.9 Å². The van der Waals surface area contributed by atoms with E-state index in [1.54, 1.807) is 0 Å². The first-order valence-corrected chi connectivity index (χ1v) is 4.55. The van der Waals surface area contributed by atoms with Gasteiger partial charge in [-0.1, -0.05) is 31.2 Å². The van der Waals surface area contributed by atoms with Crippen molar-refractivity contribution in [1.29, 1.82) is 0 Å². The Balaban J connectivity index is 2.72. The van der Waals surface area contributed by atoms with Gasteiger partial charge in [0.1, 0.15) is 0 Å². The van der Waals surface area contributed by atoms with Crippen LogP contribution in [0.5, 0.6) is 0 Å². The minimum Gasteiger partial charge on any atom is -0.698 e. The van der Waals surface area contributed by atoms with Gasteiger partial charge in [-0.3, -0.25) is 5.48 Å². The van der Waals surface area contributed by atoms with E-state index in [-0.39, 0.29) is 0 Å². The van der Waals surface area contributed by atoms with Gasteiger partial charge >= 0.3 is 0 Å². The van der Waals surface area contributed by atoms with Crippen molar-refractivity contribution in [2.45, 2.75) is 19.8 Å². The predicted molar refractivity (Wildman–Crippen MR) is 54.4 cm³/mol. The van der Waals surface area contributed by atoms with Gasteiger partial charge in [-0.15, -0.1) is 0 Å². The van der Waals surface area contributed by atoms with Gasteiger partial charge in [0.2, 0.25) is 0 Å². The zero-order valence-corrected chi connectivity index (χ0v) is 8.36. The molecule has 0 amide bonds. The minimum absolute atomic E-state index is 0.391. The molecule has 0 saturated carbocycles. The molecule has 1 aromatic carbocycles. The van der Waals surface area contributed by atoms with Crippen LogP contribution < -0.4 is 10.7 Å². The summed E-state index contributed by atoms with van der Waals surface area (Å²) in [5.41, 5.74) is 4.10. The highest BCUT2D eigenvalue weighted by atomic mass is 17.2. The second-order valence-electron chi connectivity index (χ2n) is 3.12. The molecule has 0 bridgehead atoms. The molecule has 3 heteroatoms. The Hall–Kier alpha value is -1.32. The lowest BCUT2D eigenvalue weighted by atomic mass is 10.0. The lowest BCUT2D eigenvalue weighted by molar-refractivity contribution is -0.678. The van der Waals surface area contributed by atoms with Gasteiger partial charge in [-0.2, -0.15) is 0 Å². The first-order chi connectivity index (χ1) is 6.77. The molecule has 3 nitrogen and oxygen atoms in total. The van der Waals surface area contributed by atoms with E-state index in [4.69, 9.17) is 0 Å². The van der Waals surface area contributed by atoms with Crippen LogP contribution in [0.4, 0.5) is 5.69 Å². The van der Waals surface area contributed by atoms with Crippen LogP contribution in [0.25, 0.3) is 0 Å². The van der Waals surface area contributed by atoms with Crippen molar-refractivity contribution in [3.63, 3.8) is 0 Å². The Kier molecular flexibility index (Phi) is 4.16. The Bertz CT molecular complexity index is 293. The third kappa shape index (κ3) is 2.87. The predicted octanol–water partition coefficient (Wildman–Crippen LogP) is 1.98. The third-order valence-electron chi connectivity index (χ3n) is 2.08. The van der Waals surface area contributed by atoms with Crippen LogP contribution >= 0.6 is 0 Å². The summed E-state index contributed by atoms with van der Waals surface area (Å²) in [4.78, 5) is 3.56. The molecule has 0 spiro atoms. The Morgan fingerprint density at radius 2 is 2.00 bits per heavy atom. The van der Waals surface area contributed by atoms with E-state index in [0.717, 1.165) is 0 Å². The van der Waals surface area contributed by atoms with Gasteiger partial charge < -0.3 is 10.2 Å². The summed E-state index contributed by atoms with van der Waals surface area (Å²) in [5.74, 6) is 0.391. The van der Waals surface area contributed by atoms with Crippen molar-refractivity contribution in [1.82, 2.24) is 0 Å². The molecule has 1 unspecified atom stereocenters. The van der Waals surface area contributed by atoms with E-state index in [0.29, 0.717) is 11.6 Å². The number of hydrogen-bond acceptors (Lipinski definition) is 3. The molecule has 0 fully saturated rings. The van der Waals surface area contributed by atoms with Crippen molar-refractivity contribution < 1.29 is 10.2 Å². The molecule has 0 aliphatic heterocycles.